The number of carbonyl (C=O) groups is 1. The molecule has 1 N–H and O–H groups in total. The Bertz CT molecular complexity index is 1260. The van der Waals surface area contributed by atoms with E-state index in [0.29, 0.717) is 40.9 Å². The highest BCUT2D eigenvalue weighted by Gasteiger charge is 2.27. The van der Waals surface area contributed by atoms with Gasteiger partial charge in [-0.3, -0.25) is 4.79 Å². The summed E-state index contributed by atoms with van der Waals surface area (Å²) in [5.74, 6) is -0.560. The van der Waals surface area contributed by atoms with Crippen LogP contribution in [-0.2, 0) is 20.8 Å². The number of benzene rings is 2. The summed E-state index contributed by atoms with van der Waals surface area (Å²) in [6.45, 7) is 6.81. The SMILES string of the molecule is CCOC(=O)C(C#N)c1nc(-c2ccc(OS(=O)NCCCOc3ccc(C)cc3C)cc2)c(Cl)s1. The van der Waals surface area contributed by atoms with Gasteiger partial charge in [-0.1, -0.05) is 29.3 Å². The lowest BCUT2D eigenvalue weighted by atomic mass is 10.1. The molecular weight excluding hydrogens is 522 g/mol. The third-order valence-electron chi connectivity index (χ3n) is 4.93. The van der Waals surface area contributed by atoms with Crippen LogP contribution in [0.3, 0.4) is 0 Å². The summed E-state index contributed by atoms with van der Waals surface area (Å²) >= 11 is 5.65. The van der Waals surface area contributed by atoms with Crippen LogP contribution in [0.5, 0.6) is 11.5 Å². The molecule has 8 nitrogen and oxygen atoms in total. The van der Waals surface area contributed by atoms with E-state index in [0.717, 1.165) is 22.6 Å². The van der Waals surface area contributed by atoms with Gasteiger partial charge in [0.15, 0.2) is 5.92 Å². The molecule has 2 aromatic carbocycles. The highest BCUT2D eigenvalue weighted by Crippen LogP contribution is 2.36. The predicted octanol–water partition coefficient (Wildman–Crippen LogP) is 5.27. The first kappa shape index (κ1) is 27.6. The van der Waals surface area contributed by atoms with Gasteiger partial charge in [0.1, 0.15) is 26.5 Å². The zero-order chi connectivity index (χ0) is 26.1. The maximum Gasteiger partial charge on any atom is 0.330 e. The molecule has 0 fully saturated rings. The normalized spacial score (nSPS) is 12.4. The molecule has 1 heterocycles. The average Bonchev–Trinajstić information content (AvgIpc) is 3.22. The van der Waals surface area contributed by atoms with E-state index in [1.807, 2.05) is 32.0 Å². The molecule has 2 unspecified atom stereocenters. The van der Waals surface area contributed by atoms with Gasteiger partial charge in [-0.2, -0.15) is 9.47 Å². The van der Waals surface area contributed by atoms with Crippen molar-refractivity contribution in [3.8, 4) is 28.8 Å². The number of rotatable bonds is 12. The summed E-state index contributed by atoms with van der Waals surface area (Å²) in [4.78, 5) is 16.4. The number of nitriles is 1. The fourth-order valence-corrected chi connectivity index (χ4v) is 5.10. The van der Waals surface area contributed by atoms with E-state index in [1.165, 1.54) is 5.56 Å². The Kier molecular flexibility index (Phi) is 10.3. The zero-order valence-corrected chi connectivity index (χ0v) is 22.5. The first-order chi connectivity index (χ1) is 17.3. The highest BCUT2D eigenvalue weighted by atomic mass is 35.5. The second kappa shape index (κ2) is 13.4. The maximum absolute atomic E-state index is 12.2. The lowest BCUT2D eigenvalue weighted by Gasteiger charge is -2.10. The number of nitrogens with one attached hydrogen (secondary N) is 1. The van der Waals surface area contributed by atoms with Crippen LogP contribution in [0.4, 0.5) is 0 Å². The Morgan fingerprint density at radius 1 is 1.25 bits per heavy atom. The van der Waals surface area contributed by atoms with E-state index < -0.39 is 23.2 Å². The van der Waals surface area contributed by atoms with E-state index in [-0.39, 0.29) is 11.6 Å². The molecule has 0 saturated heterocycles. The Morgan fingerprint density at radius 3 is 2.67 bits per heavy atom. The number of ether oxygens (including phenoxy) is 2. The monoisotopic (exact) mass is 547 g/mol. The fraction of sp³-hybridized carbons (Fsp3) is 0.320. The topological polar surface area (TPSA) is 111 Å². The minimum Gasteiger partial charge on any atom is -0.493 e. The van der Waals surface area contributed by atoms with Crippen LogP contribution in [0.15, 0.2) is 42.5 Å². The summed E-state index contributed by atoms with van der Waals surface area (Å²) in [6, 6.07) is 14.6. The van der Waals surface area contributed by atoms with Crippen LogP contribution in [0, 0.1) is 25.2 Å². The lowest BCUT2D eigenvalue weighted by molar-refractivity contribution is -0.143. The number of carbonyl (C=O) groups excluding carboxylic acids is 1. The molecule has 3 aromatic rings. The fourth-order valence-electron chi connectivity index (χ4n) is 3.21. The van der Waals surface area contributed by atoms with Crippen molar-refractivity contribution in [3.05, 3.63) is 62.9 Å². The molecule has 0 radical (unpaired) electrons. The third-order valence-corrected chi connectivity index (χ3v) is 7.03. The smallest absolute Gasteiger partial charge is 0.330 e. The number of thiazole rings is 1. The van der Waals surface area contributed by atoms with Gasteiger partial charge in [-0.25, -0.2) is 9.71 Å². The predicted molar refractivity (Wildman–Crippen MR) is 140 cm³/mol. The van der Waals surface area contributed by atoms with Crippen LogP contribution < -0.4 is 13.6 Å². The van der Waals surface area contributed by atoms with Gasteiger partial charge in [-0.05, 0) is 63.1 Å². The minimum absolute atomic E-state index is 0.168. The highest BCUT2D eigenvalue weighted by molar-refractivity contribution is 7.78. The molecule has 11 heteroatoms. The number of hydrogen-bond donors (Lipinski definition) is 1. The number of nitrogens with zero attached hydrogens (tertiary/aromatic N) is 2. The van der Waals surface area contributed by atoms with Crippen LogP contribution in [-0.4, -0.2) is 34.9 Å². The molecule has 0 spiro atoms. The van der Waals surface area contributed by atoms with E-state index in [9.17, 15) is 14.3 Å². The molecule has 0 aliphatic rings. The van der Waals surface area contributed by atoms with Crippen LogP contribution >= 0.6 is 22.9 Å². The van der Waals surface area contributed by atoms with Crippen molar-refractivity contribution in [1.82, 2.24) is 9.71 Å². The van der Waals surface area contributed by atoms with Crippen LogP contribution in [0.2, 0.25) is 4.34 Å². The second-order valence-electron chi connectivity index (χ2n) is 7.70. The maximum atomic E-state index is 12.2. The van der Waals surface area contributed by atoms with Gasteiger partial charge in [-0.15, -0.1) is 11.3 Å². The van der Waals surface area contributed by atoms with Crippen molar-refractivity contribution in [1.29, 1.82) is 5.26 Å². The summed E-state index contributed by atoms with van der Waals surface area (Å²) in [5.41, 5.74) is 3.37. The minimum atomic E-state index is -1.73. The summed E-state index contributed by atoms with van der Waals surface area (Å²) < 4.78 is 31.5. The number of esters is 1. The van der Waals surface area contributed by atoms with Crippen LogP contribution in [0.25, 0.3) is 11.3 Å². The first-order valence-corrected chi connectivity index (χ1v) is 13.5. The van der Waals surface area contributed by atoms with Crippen molar-refractivity contribution < 1.29 is 22.7 Å². The number of halogens is 1. The van der Waals surface area contributed by atoms with E-state index in [1.54, 1.807) is 31.2 Å². The van der Waals surface area contributed by atoms with Gasteiger partial charge in [0.05, 0.1) is 19.3 Å². The Hall–Kier alpha value is -2.97. The van der Waals surface area contributed by atoms with Crippen molar-refractivity contribution >= 4 is 40.2 Å². The standard InChI is InChI=1S/C25H26ClN3O5S2/c1-4-32-25(30)20(15-27)24-29-22(23(26)35-24)18-7-9-19(10-8-18)34-36(31)28-12-5-13-33-21-11-6-16(2)14-17(21)3/h6-11,14,20,28H,4-5,12-13H2,1-3H3. The number of aromatic nitrogens is 1. The Labute approximate surface area is 222 Å². The molecule has 190 valence electrons. The first-order valence-electron chi connectivity index (χ1n) is 11.2. The van der Waals surface area contributed by atoms with Crippen molar-refractivity contribution in [2.75, 3.05) is 19.8 Å². The Balaban J connectivity index is 1.49. The van der Waals surface area contributed by atoms with Crippen molar-refractivity contribution in [2.45, 2.75) is 33.1 Å². The largest absolute Gasteiger partial charge is 0.493 e. The number of aryl methyl sites for hydroxylation is 2. The van der Waals surface area contributed by atoms with Crippen LogP contribution in [0.1, 0.15) is 35.4 Å². The molecule has 0 amide bonds. The third kappa shape index (κ3) is 7.51. The van der Waals surface area contributed by atoms with E-state index in [2.05, 4.69) is 15.8 Å². The quantitative estimate of drug-likeness (QED) is 0.243. The average molecular weight is 548 g/mol. The molecule has 0 aliphatic carbocycles. The molecule has 36 heavy (non-hydrogen) atoms. The lowest BCUT2D eigenvalue weighted by Crippen LogP contribution is -2.24. The van der Waals surface area contributed by atoms with Gasteiger partial charge >= 0.3 is 5.97 Å². The van der Waals surface area contributed by atoms with Gasteiger partial charge in [0, 0.05) is 12.1 Å². The van der Waals surface area contributed by atoms with Gasteiger partial charge in [0.2, 0.25) is 0 Å². The summed E-state index contributed by atoms with van der Waals surface area (Å²) in [6.07, 6.45) is 0.654. The molecule has 0 saturated carbocycles. The second-order valence-corrected chi connectivity index (χ2v) is 10.3. The molecule has 1 aromatic heterocycles. The molecule has 0 aliphatic heterocycles. The van der Waals surface area contributed by atoms with Gasteiger partial charge in [0.25, 0.3) is 11.3 Å². The summed E-state index contributed by atoms with van der Waals surface area (Å²) in [5, 5.41) is 9.61. The molecule has 3 rings (SSSR count). The molecule has 0 bridgehead atoms. The Morgan fingerprint density at radius 2 is 2.00 bits per heavy atom. The summed E-state index contributed by atoms with van der Waals surface area (Å²) in [7, 11) is 0. The molecule has 2 atom stereocenters. The van der Waals surface area contributed by atoms with Crippen molar-refractivity contribution in [3.63, 3.8) is 0 Å². The zero-order valence-electron chi connectivity index (χ0n) is 20.1. The number of hydrogen-bond acceptors (Lipinski definition) is 8. The van der Waals surface area contributed by atoms with Crippen molar-refractivity contribution in [2.24, 2.45) is 0 Å². The molecular formula is C25H26ClN3O5S2. The van der Waals surface area contributed by atoms with E-state index in [4.69, 9.17) is 25.3 Å². The van der Waals surface area contributed by atoms with E-state index >= 15 is 0 Å². The van der Waals surface area contributed by atoms with Gasteiger partial charge < -0.3 is 13.7 Å².